The van der Waals surface area contributed by atoms with E-state index in [0.29, 0.717) is 13.2 Å². The first kappa shape index (κ1) is 19.5. The van der Waals surface area contributed by atoms with Crippen molar-refractivity contribution in [3.63, 3.8) is 0 Å². The second-order valence-electron chi connectivity index (χ2n) is 5.74. The molecule has 1 fully saturated rings. The lowest BCUT2D eigenvalue weighted by atomic mass is 10.1. The minimum absolute atomic E-state index is 0. The Hall–Kier alpha value is -0.830. The second-order valence-corrected chi connectivity index (χ2v) is 7.15. The summed E-state index contributed by atoms with van der Waals surface area (Å²) in [6.45, 7) is 3.10. The third-order valence-electron chi connectivity index (χ3n) is 4.06. The molecule has 2 N–H and O–H groups in total. The summed E-state index contributed by atoms with van der Waals surface area (Å²) >= 11 is 2.06. The zero-order chi connectivity index (χ0) is 15.9. The number of nitrogens with one attached hydrogen (secondary N) is 2. The number of ether oxygens (including phenoxy) is 2. The smallest absolute Gasteiger partial charge is 0.191 e. The van der Waals surface area contributed by atoms with E-state index in [1.807, 2.05) is 13.1 Å². The summed E-state index contributed by atoms with van der Waals surface area (Å²) in [7, 11) is 1.82. The second kappa shape index (κ2) is 10.2. The van der Waals surface area contributed by atoms with Crippen molar-refractivity contribution in [2.45, 2.75) is 24.5 Å². The van der Waals surface area contributed by atoms with E-state index < -0.39 is 0 Å². The van der Waals surface area contributed by atoms with Crippen molar-refractivity contribution in [2.75, 3.05) is 39.1 Å². The van der Waals surface area contributed by atoms with Gasteiger partial charge in [-0.1, -0.05) is 6.07 Å². The van der Waals surface area contributed by atoms with Gasteiger partial charge in [0.1, 0.15) is 13.2 Å². The molecule has 1 atom stereocenters. The quantitative estimate of drug-likeness (QED) is 0.400. The van der Waals surface area contributed by atoms with Crippen molar-refractivity contribution in [3.05, 3.63) is 23.8 Å². The van der Waals surface area contributed by atoms with Crippen LogP contribution in [0.4, 0.5) is 0 Å². The number of aliphatic imine (C=N–C) groups is 1. The molecule has 0 amide bonds. The molecule has 3 rings (SSSR count). The highest BCUT2D eigenvalue weighted by Gasteiger charge is 2.15. The predicted octanol–water partition coefficient (Wildman–Crippen LogP) is 2.68. The molecular weight excluding hydrogens is 437 g/mol. The minimum Gasteiger partial charge on any atom is -0.486 e. The Balaban J connectivity index is 0.00000208. The Morgan fingerprint density at radius 2 is 2.08 bits per heavy atom. The lowest BCUT2D eigenvalue weighted by Gasteiger charge is -2.19. The molecular formula is C17H26IN3O2S. The summed E-state index contributed by atoms with van der Waals surface area (Å²) in [4.78, 5) is 4.29. The summed E-state index contributed by atoms with van der Waals surface area (Å²) in [5, 5.41) is 7.53. The van der Waals surface area contributed by atoms with E-state index in [1.54, 1.807) is 0 Å². The van der Waals surface area contributed by atoms with Crippen LogP contribution in [0.1, 0.15) is 18.4 Å². The van der Waals surface area contributed by atoms with E-state index in [4.69, 9.17) is 9.47 Å². The molecule has 2 aliphatic heterocycles. The fraction of sp³-hybridized carbons (Fsp3) is 0.588. The fourth-order valence-electron chi connectivity index (χ4n) is 2.80. The first-order valence-corrected chi connectivity index (χ1v) is 9.34. The highest BCUT2D eigenvalue weighted by Crippen LogP contribution is 2.30. The number of nitrogens with zero attached hydrogens (tertiary/aromatic N) is 1. The summed E-state index contributed by atoms with van der Waals surface area (Å²) < 4.78 is 11.2. The Bertz CT molecular complexity index is 551. The van der Waals surface area contributed by atoms with Gasteiger partial charge in [-0.25, -0.2) is 0 Å². The van der Waals surface area contributed by atoms with Crippen LogP contribution in [-0.4, -0.2) is 50.3 Å². The molecule has 24 heavy (non-hydrogen) atoms. The number of rotatable bonds is 5. The van der Waals surface area contributed by atoms with Crippen LogP contribution in [0.25, 0.3) is 0 Å². The molecule has 1 unspecified atom stereocenters. The molecule has 1 aromatic rings. The van der Waals surface area contributed by atoms with Crippen LogP contribution in [-0.2, 0) is 6.42 Å². The largest absolute Gasteiger partial charge is 0.486 e. The zero-order valence-electron chi connectivity index (χ0n) is 14.0. The Morgan fingerprint density at radius 1 is 1.25 bits per heavy atom. The van der Waals surface area contributed by atoms with Crippen molar-refractivity contribution in [1.29, 1.82) is 0 Å². The van der Waals surface area contributed by atoms with Gasteiger partial charge in [0.2, 0.25) is 0 Å². The number of hydrogen-bond donors (Lipinski definition) is 2. The van der Waals surface area contributed by atoms with Crippen LogP contribution in [0.3, 0.4) is 0 Å². The molecule has 5 nitrogen and oxygen atoms in total. The molecule has 0 aliphatic carbocycles. The first-order valence-electron chi connectivity index (χ1n) is 8.30. The van der Waals surface area contributed by atoms with Gasteiger partial charge in [-0.05, 0) is 42.7 Å². The average Bonchev–Trinajstić information content (AvgIpc) is 3.11. The molecule has 1 aromatic carbocycles. The number of guanidine groups is 1. The van der Waals surface area contributed by atoms with Crippen LogP contribution in [0.2, 0.25) is 0 Å². The van der Waals surface area contributed by atoms with E-state index in [1.165, 1.54) is 24.2 Å². The van der Waals surface area contributed by atoms with E-state index in [0.717, 1.165) is 42.2 Å². The van der Waals surface area contributed by atoms with Gasteiger partial charge in [-0.2, -0.15) is 11.8 Å². The van der Waals surface area contributed by atoms with Crippen LogP contribution in [0.15, 0.2) is 23.2 Å². The molecule has 1 saturated heterocycles. The summed E-state index contributed by atoms with van der Waals surface area (Å²) in [5.41, 5.74) is 1.24. The average molecular weight is 463 g/mol. The molecule has 0 bridgehead atoms. The maximum atomic E-state index is 5.62. The van der Waals surface area contributed by atoms with Gasteiger partial charge in [0.25, 0.3) is 0 Å². The number of fused-ring (bicyclic) bond motifs is 1. The highest BCUT2D eigenvalue weighted by atomic mass is 127. The van der Waals surface area contributed by atoms with Crippen LogP contribution < -0.4 is 20.1 Å². The van der Waals surface area contributed by atoms with Gasteiger partial charge >= 0.3 is 0 Å². The maximum absolute atomic E-state index is 5.62. The molecule has 0 spiro atoms. The topological polar surface area (TPSA) is 54.9 Å². The molecule has 2 aliphatic rings. The van der Waals surface area contributed by atoms with E-state index in [2.05, 4.69) is 39.5 Å². The third kappa shape index (κ3) is 5.61. The van der Waals surface area contributed by atoms with Crippen molar-refractivity contribution in [2.24, 2.45) is 4.99 Å². The van der Waals surface area contributed by atoms with Gasteiger partial charge in [-0.3, -0.25) is 4.99 Å². The van der Waals surface area contributed by atoms with Crippen LogP contribution in [0.5, 0.6) is 11.5 Å². The van der Waals surface area contributed by atoms with Crippen LogP contribution >= 0.6 is 35.7 Å². The molecule has 7 heteroatoms. The SMILES string of the molecule is CN=C(NCCc1ccc2c(c1)OCCO2)NCC1CCCS1.I. The summed E-state index contributed by atoms with van der Waals surface area (Å²) in [6.07, 6.45) is 3.58. The summed E-state index contributed by atoms with van der Waals surface area (Å²) in [5.74, 6) is 3.88. The standard InChI is InChI=1S/C17H25N3O2S.HI/c1-18-17(20-12-14-3-2-10-23-14)19-7-6-13-4-5-15-16(11-13)22-9-8-21-15;/h4-5,11,14H,2-3,6-10,12H2,1H3,(H2,18,19,20);1H. The molecule has 2 heterocycles. The van der Waals surface area contributed by atoms with E-state index in [9.17, 15) is 0 Å². The van der Waals surface area contributed by atoms with Gasteiger partial charge < -0.3 is 20.1 Å². The Labute approximate surface area is 165 Å². The van der Waals surface area contributed by atoms with Crippen molar-refractivity contribution < 1.29 is 9.47 Å². The normalized spacial score (nSPS) is 19.5. The number of hydrogen-bond acceptors (Lipinski definition) is 4. The Kier molecular flexibility index (Phi) is 8.31. The number of halogens is 1. The predicted molar refractivity (Wildman–Crippen MR) is 111 cm³/mol. The van der Waals surface area contributed by atoms with Gasteiger partial charge in [-0.15, -0.1) is 24.0 Å². The first-order chi connectivity index (χ1) is 11.3. The summed E-state index contributed by atoms with van der Waals surface area (Å²) in [6, 6.07) is 6.16. The maximum Gasteiger partial charge on any atom is 0.191 e. The zero-order valence-corrected chi connectivity index (χ0v) is 17.2. The molecule has 134 valence electrons. The van der Waals surface area contributed by atoms with E-state index >= 15 is 0 Å². The molecule has 0 radical (unpaired) electrons. The minimum atomic E-state index is 0. The van der Waals surface area contributed by atoms with Crippen molar-refractivity contribution in [1.82, 2.24) is 10.6 Å². The number of benzene rings is 1. The number of thioether (sulfide) groups is 1. The molecule has 0 aromatic heterocycles. The van der Waals surface area contributed by atoms with Crippen molar-refractivity contribution >= 4 is 41.7 Å². The van der Waals surface area contributed by atoms with Crippen LogP contribution in [0, 0.1) is 0 Å². The lowest BCUT2D eigenvalue weighted by Crippen LogP contribution is -2.40. The fourth-order valence-corrected chi connectivity index (χ4v) is 4.01. The lowest BCUT2D eigenvalue weighted by molar-refractivity contribution is 0.171. The van der Waals surface area contributed by atoms with Gasteiger partial charge in [0.05, 0.1) is 0 Å². The van der Waals surface area contributed by atoms with Crippen molar-refractivity contribution in [3.8, 4) is 11.5 Å². The molecule has 0 saturated carbocycles. The van der Waals surface area contributed by atoms with Gasteiger partial charge in [0.15, 0.2) is 17.5 Å². The Morgan fingerprint density at radius 3 is 2.83 bits per heavy atom. The third-order valence-corrected chi connectivity index (χ3v) is 5.46. The monoisotopic (exact) mass is 463 g/mol. The van der Waals surface area contributed by atoms with E-state index in [-0.39, 0.29) is 24.0 Å². The van der Waals surface area contributed by atoms with Gasteiger partial charge in [0, 0.05) is 25.4 Å². The highest BCUT2D eigenvalue weighted by molar-refractivity contribution is 14.0.